The molecule has 1 N–H and O–H groups in total. The van der Waals surface area contributed by atoms with Gasteiger partial charge < -0.3 is 14.3 Å². The van der Waals surface area contributed by atoms with E-state index in [0.29, 0.717) is 18.3 Å². The maximum absolute atomic E-state index is 12.9. The number of amides is 1. The zero-order valence-corrected chi connectivity index (χ0v) is 14.6. The highest BCUT2D eigenvalue weighted by Crippen LogP contribution is 2.24. The maximum atomic E-state index is 12.9. The Hall–Kier alpha value is -2.49. The number of hydrogen-bond donors (Lipinski definition) is 1. The fourth-order valence-electron chi connectivity index (χ4n) is 3.82. The van der Waals surface area contributed by atoms with E-state index in [1.807, 2.05) is 16.7 Å². The van der Waals surface area contributed by atoms with Crippen molar-refractivity contribution >= 4 is 17.0 Å². The highest BCUT2D eigenvalue weighted by molar-refractivity contribution is 5.97. The number of nitrogens with one attached hydrogen (secondary N) is 1. The van der Waals surface area contributed by atoms with Crippen molar-refractivity contribution in [1.29, 1.82) is 0 Å². The molecule has 4 nitrogen and oxygen atoms in total. The zero-order valence-electron chi connectivity index (χ0n) is 14.6. The first-order valence-corrected chi connectivity index (χ1v) is 9.14. The highest BCUT2D eigenvalue weighted by atomic mass is 16.3. The summed E-state index contributed by atoms with van der Waals surface area (Å²) in [5.41, 5.74) is 3.82. The second-order valence-corrected chi connectivity index (χ2v) is 7.09. The molecule has 1 aliphatic rings. The third kappa shape index (κ3) is 3.34. The van der Waals surface area contributed by atoms with E-state index in [1.54, 1.807) is 6.26 Å². The molecule has 1 amide bonds. The predicted molar refractivity (Wildman–Crippen MR) is 98.8 cm³/mol. The molecule has 1 aromatic carbocycles. The van der Waals surface area contributed by atoms with Crippen molar-refractivity contribution < 1.29 is 9.21 Å². The first-order chi connectivity index (χ1) is 12.2. The normalized spacial score (nSPS) is 15.6. The monoisotopic (exact) mass is 336 g/mol. The summed E-state index contributed by atoms with van der Waals surface area (Å²) >= 11 is 0. The molecule has 4 rings (SSSR count). The molecule has 0 bridgehead atoms. The third-order valence-electron chi connectivity index (χ3n) is 5.10. The summed E-state index contributed by atoms with van der Waals surface area (Å²) in [6.45, 7) is 2.71. The quantitative estimate of drug-likeness (QED) is 0.753. The Morgan fingerprint density at radius 3 is 2.84 bits per heavy atom. The van der Waals surface area contributed by atoms with Gasteiger partial charge >= 0.3 is 0 Å². The van der Waals surface area contributed by atoms with Gasteiger partial charge in [-0.05, 0) is 37.5 Å². The fraction of sp³-hybridized carbons (Fsp3) is 0.381. The van der Waals surface area contributed by atoms with Crippen molar-refractivity contribution in [3.05, 3.63) is 59.5 Å². The van der Waals surface area contributed by atoms with Crippen LogP contribution in [0.1, 0.15) is 53.7 Å². The van der Waals surface area contributed by atoms with Gasteiger partial charge in [0.15, 0.2) is 0 Å². The van der Waals surface area contributed by atoms with Crippen LogP contribution in [0.4, 0.5) is 0 Å². The van der Waals surface area contributed by atoms with Crippen LogP contribution in [0.25, 0.3) is 11.1 Å². The van der Waals surface area contributed by atoms with Gasteiger partial charge in [-0.15, -0.1) is 0 Å². The molecular formula is C21H24N2O2. The molecule has 0 unspecified atom stereocenters. The number of aromatic nitrogens is 1. The van der Waals surface area contributed by atoms with Gasteiger partial charge in [-0.2, -0.15) is 0 Å². The van der Waals surface area contributed by atoms with Crippen LogP contribution < -0.4 is 5.32 Å². The number of carbonyl (C=O) groups is 1. The lowest BCUT2D eigenvalue weighted by atomic mass is 9.95. The van der Waals surface area contributed by atoms with Crippen LogP contribution in [-0.4, -0.2) is 16.5 Å². The lowest BCUT2D eigenvalue weighted by Crippen LogP contribution is -2.37. The molecule has 3 aromatic rings. The molecular weight excluding hydrogens is 312 g/mol. The summed E-state index contributed by atoms with van der Waals surface area (Å²) in [4.78, 5) is 12.9. The Morgan fingerprint density at radius 1 is 1.20 bits per heavy atom. The predicted octanol–water partition coefficient (Wildman–Crippen LogP) is 4.65. The first-order valence-electron chi connectivity index (χ1n) is 9.14. The van der Waals surface area contributed by atoms with Gasteiger partial charge in [0.1, 0.15) is 5.69 Å². The Morgan fingerprint density at radius 2 is 2.04 bits per heavy atom. The minimum Gasteiger partial charge on any atom is -0.448 e. The number of furan rings is 1. The molecule has 0 radical (unpaired) electrons. The summed E-state index contributed by atoms with van der Waals surface area (Å²) in [6.07, 6.45) is 7.54. The van der Waals surface area contributed by atoms with Crippen molar-refractivity contribution in [3.8, 4) is 0 Å². The van der Waals surface area contributed by atoms with Crippen LogP contribution in [0.3, 0.4) is 0 Å². The minimum atomic E-state index is 0.00551. The molecule has 0 atom stereocenters. The summed E-state index contributed by atoms with van der Waals surface area (Å²) in [5.74, 6) is 0.00551. The number of rotatable bonds is 4. The molecule has 4 heteroatoms. The molecule has 1 aliphatic carbocycles. The third-order valence-corrected chi connectivity index (χ3v) is 5.10. The Balaban J connectivity index is 1.63. The van der Waals surface area contributed by atoms with E-state index in [0.717, 1.165) is 23.9 Å². The molecule has 0 aliphatic heterocycles. The van der Waals surface area contributed by atoms with E-state index < -0.39 is 0 Å². The van der Waals surface area contributed by atoms with Crippen molar-refractivity contribution in [2.75, 3.05) is 0 Å². The number of benzene rings is 1. The van der Waals surface area contributed by atoms with Gasteiger partial charge in [-0.1, -0.05) is 49.1 Å². The number of hydrogen-bond acceptors (Lipinski definition) is 2. The number of fused-ring (bicyclic) bond motifs is 1. The summed E-state index contributed by atoms with van der Waals surface area (Å²) in [7, 11) is 0. The second kappa shape index (κ2) is 6.79. The van der Waals surface area contributed by atoms with Crippen molar-refractivity contribution in [3.63, 3.8) is 0 Å². The molecule has 2 aromatic heterocycles. The van der Waals surface area contributed by atoms with Gasteiger partial charge in [0.2, 0.25) is 5.71 Å². The van der Waals surface area contributed by atoms with E-state index >= 15 is 0 Å². The lowest BCUT2D eigenvalue weighted by molar-refractivity contribution is 0.0918. The lowest BCUT2D eigenvalue weighted by Gasteiger charge is -2.23. The van der Waals surface area contributed by atoms with E-state index in [4.69, 9.17) is 4.42 Å². The highest BCUT2D eigenvalue weighted by Gasteiger charge is 2.21. The molecule has 1 saturated carbocycles. The average molecular weight is 336 g/mol. The van der Waals surface area contributed by atoms with Crippen LogP contribution >= 0.6 is 0 Å². The van der Waals surface area contributed by atoms with Crippen LogP contribution in [0, 0.1) is 6.92 Å². The van der Waals surface area contributed by atoms with Crippen molar-refractivity contribution in [2.24, 2.45) is 0 Å². The summed E-state index contributed by atoms with van der Waals surface area (Å²) < 4.78 is 7.64. The van der Waals surface area contributed by atoms with Gasteiger partial charge in [0, 0.05) is 11.4 Å². The van der Waals surface area contributed by atoms with Crippen LogP contribution in [-0.2, 0) is 6.54 Å². The molecule has 130 valence electrons. The minimum absolute atomic E-state index is 0.00551. The maximum Gasteiger partial charge on any atom is 0.268 e. The summed E-state index contributed by atoms with van der Waals surface area (Å²) in [6, 6.07) is 12.5. The first kappa shape index (κ1) is 16.0. The Kier molecular flexibility index (Phi) is 4.35. The Labute approximate surface area is 147 Å². The van der Waals surface area contributed by atoms with Gasteiger partial charge in [0.05, 0.1) is 12.8 Å². The SMILES string of the molecule is Cc1cccc(Cn2c(C(=O)NC3CCCCC3)cc3ccoc32)c1. The fourth-order valence-corrected chi connectivity index (χ4v) is 3.82. The largest absolute Gasteiger partial charge is 0.448 e. The second-order valence-electron chi connectivity index (χ2n) is 7.09. The molecule has 0 spiro atoms. The molecule has 1 fully saturated rings. The van der Waals surface area contributed by atoms with Gasteiger partial charge in [0.25, 0.3) is 5.91 Å². The van der Waals surface area contributed by atoms with Crippen LogP contribution in [0.5, 0.6) is 0 Å². The topological polar surface area (TPSA) is 47.2 Å². The standard InChI is InChI=1S/C21H24N2O2/c1-15-6-5-7-16(12-15)14-23-19(13-17-10-11-25-21(17)23)20(24)22-18-8-3-2-4-9-18/h5-7,10-13,18H,2-4,8-9,14H2,1H3,(H,22,24). The molecule has 0 saturated heterocycles. The molecule has 2 heterocycles. The van der Waals surface area contributed by atoms with E-state index in [9.17, 15) is 4.79 Å². The Bertz CT molecular complexity index is 884. The van der Waals surface area contributed by atoms with E-state index in [-0.39, 0.29) is 5.91 Å². The van der Waals surface area contributed by atoms with Crippen molar-refractivity contribution in [2.45, 2.75) is 51.6 Å². The zero-order chi connectivity index (χ0) is 17.2. The van der Waals surface area contributed by atoms with E-state index in [2.05, 4.69) is 36.5 Å². The van der Waals surface area contributed by atoms with Gasteiger partial charge in [-0.25, -0.2) is 0 Å². The van der Waals surface area contributed by atoms with Crippen molar-refractivity contribution in [1.82, 2.24) is 9.88 Å². The average Bonchev–Trinajstić information content (AvgIpc) is 3.19. The van der Waals surface area contributed by atoms with Crippen LogP contribution in [0.15, 0.2) is 47.1 Å². The van der Waals surface area contributed by atoms with Crippen LogP contribution in [0.2, 0.25) is 0 Å². The number of nitrogens with zero attached hydrogens (tertiary/aromatic N) is 1. The molecule has 25 heavy (non-hydrogen) atoms. The summed E-state index contributed by atoms with van der Waals surface area (Å²) in [5, 5.41) is 4.20. The van der Waals surface area contributed by atoms with E-state index in [1.165, 1.54) is 30.4 Å². The van der Waals surface area contributed by atoms with Gasteiger partial charge in [-0.3, -0.25) is 4.79 Å². The number of carbonyl (C=O) groups excluding carboxylic acids is 1. The number of aryl methyl sites for hydroxylation is 1. The smallest absolute Gasteiger partial charge is 0.268 e.